The molecule has 21 heavy (non-hydrogen) atoms. The third-order valence-electron chi connectivity index (χ3n) is 4.39. The second-order valence-electron chi connectivity index (χ2n) is 6.05. The zero-order chi connectivity index (χ0) is 14.4. The van der Waals surface area contributed by atoms with Crippen molar-refractivity contribution in [3.05, 3.63) is 40.8 Å². The molecule has 3 N–H and O–H groups in total. The van der Waals surface area contributed by atoms with Crippen molar-refractivity contribution in [2.75, 3.05) is 0 Å². The molecule has 0 radical (unpaired) electrons. The number of pyridine rings is 1. The second-order valence-corrected chi connectivity index (χ2v) is 6.05. The van der Waals surface area contributed by atoms with E-state index >= 15 is 0 Å². The smallest absolute Gasteiger partial charge is 0.164 e. The van der Waals surface area contributed by atoms with Crippen molar-refractivity contribution >= 4 is 5.84 Å². The molecule has 2 aromatic rings. The van der Waals surface area contributed by atoms with Crippen molar-refractivity contribution in [3.63, 3.8) is 0 Å². The fourth-order valence-electron chi connectivity index (χ4n) is 3.05. The van der Waals surface area contributed by atoms with E-state index in [9.17, 15) is 0 Å². The second kappa shape index (κ2) is 4.69. The maximum absolute atomic E-state index is 7.84. The Hall–Kier alpha value is -2.17. The van der Waals surface area contributed by atoms with Crippen molar-refractivity contribution in [3.8, 4) is 5.82 Å². The van der Waals surface area contributed by atoms with Crippen LogP contribution >= 0.6 is 0 Å². The van der Waals surface area contributed by atoms with Gasteiger partial charge in [0.05, 0.1) is 11.3 Å². The van der Waals surface area contributed by atoms with Crippen LogP contribution in [0.2, 0.25) is 0 Å². The van der Waals surface area contributed by atoms with Gasteiger partial charge in [0.15, 0.2) is 5.82 Å². The fraction of sp³-hybridized carbons (Fsp3) is 0.438. The van der Waals surface area contributed by atoms with E-state index in [4.69, 9.17) is 16.1 Å². The predicted molar refractivity (Wildman–Crippen MR) is 81.0 cm³/mol. The molecule has 0 saturated heterocycles. The number of nitrogens with one attached hydrogen (secondary N) is 1. The zero-order valence-electron chi connectivity index (χ0n) is 12.0. The molecular formula is C16H19N5. The molecule has 0 amide bonds. The molecule has 2 aromatic heterocycles. The first-order valence-corrected chi connectivity index (χ1v) is 7.65. The van der Waals surface area contributed by atoms with Crippen molar-refractivity contribution in [1.82, 2.24) is 14.8 Å². The largest absolute Gasteiger partial charge is 0.384 e. The molecule has 108 valence electrons. The van der Waals surface area contributed by atoms with Gasteiger partial charge in [0.2, 0.25) is 0 Å². The highest BCUT2D eigenvalue weighted by Gasteiger charge is 2.26. The number of nitrogens with zero attached hydrogens (tertiary/aromatic N) is 3. The molecular weight excluding hydrogens is 262 g/mol. The Balaban J connectivity index is 1.82. The Kier molecular flexibility index (Phi) is 2.80. The Morgan fingerprint density at radius 1 is 1.29 bits per heavy atom. The van der Waals surface area contributed by atoms with Crippen molar-refractivity contribution in [2.24, 2.45) is 5.73 Å². The van der Waals surface area contributed by atoms with E-state index < -0.39 is 0 Å². The average Bonchev–Trinajstić information content (AvgIpc) is 3.23. The van der Waals surface area contributed by atoms with Crippen LogP contribution in [-0.2, 0) is 12.8 Å². The van der Waals surface area contributed by atoms with Gasteiger partial charge in [0.25, 0.3) is 0 Å². The van der Waals surface area contributed by atoms with Crippen LogP contribution in [0.3, 0.4) is 0 Å². The van der Waals surface area contributed by atoms with E-state index in [1.165, 1.54) is 31.2 Å². The molecule has 0 unspecified atom stereocenters. The molecule has 4 rings (SSSR count). The van der Waals surface area contributed by atoms with Gasteiger partial charge in [-0.2, -0.15) is 5.10 Å². The summed E-state index contributed by atoms with van der Waals surface area (Å²) in [4.78, 5) is 4.78. The average molecular weight is 281 g/mol. The number of nitrogens with two attached hydrogens (primary N) is 1. The van der Waals surface area contributed by atoms with E-state index in [0.717, 1.165) is 24.2 Å². The summed E-state index contributed by atoms with van der Waals surface area (Å²) in [6, 6.07) is 4.10. The molecule has 0 spiro atoms. The zero-order valence-corrected chi connectivity index (χ0v) is 12.0. The number of hydrogen-bond donors (Lipinski definition) is 2. The van der Waals surface area contributed by atoms with Crippen LogP contribution in [0.1, 0.15) is 54.1 Å². The lowest BCUT2D eigenvalue weighted by Crippen LogP contribution is -2.19. The highest BCUT2D eigenvalue weighted by Crippen LogP contribution is 2.39. The highest BCUT2D eigenvalue weighted by atomic mass is 15.3. The fourth-order valence-corrected chi connectivity index (χ4v) is 3.05. The van der Waals surface area contributed by atoms with Crippen LogP contribution in [0, 0.1) is 5.41 Å². The van der Waals surface area contributed by atoms with Crippen molar-refractivity contribution in [1.29, 1.82) is 5.41 Å². The first kappa shape index (κ1) is 12.6. The minimum absolute atomic E-state index is 0.0642. The van der Waals surface area contributed by atoms with Crippen LogP contribution in [0.15, 0.2) is 18.3 Å². The standard InChI is InChI=1S/C16H19N5/c17-15(18)12-9-11-3-1-2-4-13(11)19-16(12)21-8-7-14(20-21)10-5-6-10/h7-10H,1-6H2,(H3,17,18). The van der Waals surface area contributed by atoms with Gasteiger partial charge in [-0.1, -0.05) is 0 Å². The van der Waals surface area contributed by atoms with Crippen LogP contribution in [0.25, 0.3) is 5.82 Å². The number of fused-ring (bicyclic) bond motifs is 1. The monoisotopic (exact) mass is 281 g/mol. The van der Waals surface area contributed by atoms with Crippen LogP contribution in [0.4, 0.5) is 0 Å². The summed E-state index contributed by atoms with van der Waals surface area (Å²) < 4.78 is 1.79. The van der Waals surface area contributed by atoms with Gasteiger partial charge in [-0.05, 0) is 56.2 Å². The summed E-state index contributed by atoms with van der Waals surface area (Å²) in [6.07, 6.45) is 8.83. The lowest BCUT2D eigenvalue weighted by Gasteiger charge is -2.18. The number of rotatable bonds is 3. The predicted octanol–water partition coefficient (Wildman–Crippen LogP) is 2.31. The molecule has 2 heterocycles. The van der Waals surface area contributed by atoms with Gasteiger partial charge in [-0.25, -0.2) is 9.67 Å². The number of nitrogen functional groups attached to an aromatic ring is 1. The summed E-state index contributed by atoms with van der Waals surface area (Å²) in [5.74, 6) is 1.38. The molecule has 0 aliphatic heterocycles. The third kappa shape index (κ3) is 2.22. The van der Waals surface area contributed by atoms with Crippen LogP contribution < -0.4 is 5.73 Å². The van der Waals surface area contributed by atoms with Crippen molar-refractivity contribution < 1.29 is 0 Å². The molecule has 5 nitrogen and oxygen atoms in total. The Morgan fingerprint density at radius 2 is 2.10 bits per heavy atom. The lowest BCUT2D eigenvalue weighted by atomic mass is 9.94. The molecule has 0 atom stereocenters. The SMILES string of the molecule is N=C(N)c1cc2c(nc1-n1ccc(C3CC3)n1)CCCC2. The van der Waals surface area contributed by atoms with E-state index in [1.807, 2.05) is 12.3 Å². The minimum Gasteiger partial charge on any atom is -0.384 e. The minimum atomic E-state index is 0.0642. The third-order valence-corrected chi connectivity index (χ3v) is 4.39. The Bertz CT molecular complexity index is 711. The van der Waals surface area contributed by atoms with Gasteiger partial charge >= 0.3 is 0 Å². The molecule has 0 aromatic carbocycles. The summed E-state index contributed by atoms with van der Waals surface area (Å²) >= 11 is 0. The maximum atomic E-state index is 7.84. The molecule has 2 aliphatic carbocycles. The van der Waals surface area contributed by atoms with Gasteiger partial charge in [-0.15, -0.1) is 0 Å². The van der Waals surface area contributed by atoms with Gasteiger partial charge in [-0.3, -0.25) is 5.41 Å². The van der Waals surface area contributed by atoms with E-state index in [0.29, 0.717) is 17.3 Å². The summed E-state index contributed by atoms with van der Waals surface area (Å²) in [5.41, 5.74) is 9.97. The molecule has 1 saturated carbocycles. The normalized spacial score (nSPS) is 17.5. The number of aryl methyl sites for hydroxylation is 2. The molecule has 2 aliphatic rings. The molecule has 1 fully saturated rings. The summed E-state index contributed by atoms with van der Waals surface area (Å²) in [6.45, 7) is 0. The van der Waals surface area contributed by atoms with Crippen LogP contribution in [-0.4, -0.2) is 20.6 Å². The Labute approximate surface area is 123 Å². The van der Waals surface area contributed by atoms with Gasteiger partial charge < -0.3 is 5.73 Å². The van der Waals surface area contributed by atoms with E-state index in [-0.39, 0.29) is 5.84 Å². The van der Waals surface area contributed by atoms with Crippen molar-refractivity contribution in [2.45, 2.75) is 44.4 Å². The van der Waals surface area contributed by atoms with Gasteiger partial charge in [0.1, 0.15) is 5.84 Å². The van der Waals surface area contributed by atoms with Gasteiger partial charge in [0, 0.05) is 17.8 Å². The topological polar surface area (TPSA) is 80.6 Å². The first-order chi connectivity index (χ1) is 10.2. The summed E-state index contributed by atoms with van der Waals surface area (Å²) in [5, 5.41) is 12.5. The Morgan fingerprint density at radius 3 is 2.86 bits per heavy atom. The molecule has 5 heteroatoms. The lowest BCUT2D eigenvalue weighted by molar-refractivity contribution is 0.661. The molecule has 0 bridgehead atoms. The quantitative estimate of drug-likeness (QED) is 0.669. The van der Waals surface area contributed by atoms with E-state index in [1.54, 1.807) is 4.68 Å². The highest BCUT2D eigenvalue weighted by molar-refractivity contribution is 5.98. The first-order valence-electron chi connectivity index (χ1n) is 7.65. The maximum Gasteiger partial charge on any atom is 0.164 e. The summed E-state index contributed by atoms with van der Waals surface area (Å²) in [7, 11) is 0. The van der Waals surface area contributed by atoms with E-state index in [2.05, 4.69) is 11.2 Å². The number of hydrogen-bond acceptors (Lipinski definition) is 3. The number of aromatic nitrogens is 3. The van der Waals surface area contributed by atoms with Crippen LogP contribution in [0.5, 0.6) is 0 Å². The number of amidine groups is 1.